The molecular formula is C14H20IN5. The molecule has 108 valence electrons. The molecule has 0 unspecified atom stereocenters. The van der Waals surface area contributed by atoms with E-state index < -0.39 is 0 Å². The number of rotatable bonds is 3. The number of nitrogens with zero attached hydrogens (tertiary/aromatic N) is 4. The van der Waals surface area contributed by atoms with Gasteiger partial charge in [0.1, 0.15) is 11.5 Å². The van der Waals surface area contributed by atoms with Gasteiger partial charge in [0.15, 0.2) is 5.82 Å². The van der Waals surface area contributed by atoms with Crippen molar-refractivity contribution in [3.63, 3.8) is 0 Å². The fourth-order valence-corrected chi connectivity index (χ4v) is 3.16. The van der Waals surface area contributed by atoms with Crippen LogP contribution < -0.4 is 5.32 Å². The van der Waals surface area contributed by atoms with E-state index in [1.165, 1.54) is 0 Å². The summed E-state index contributed by atoms with van der Waals surface area (Å²) in [6, 6.07) is 0. The van der Waals surface area contributed by atoms with Crippen LogP contribution in [0.1, 0.15) is 33.4 Å². The molecule has 0 amide bonds. The maximum absolute atomic E-state index is 4.77. The molecule has 0 saturated carbocycles. The van der Waals surface area contributed by atoms with Gasteiger partial charge in [-0.25, -0.2) is 15.0 Å². The zero-order valence-electron chi connectivity index (χ0n) is 12.5. The van der Waals surface area contributed by atoms with Gasteiger partial charge in [0.05, 0.1) is 21.8 Å². The molecule has 2 heterocycles. The summed E-state index contributed by atoms with van der Waals surface area (Å²) in [5, 5.41) is 3.32. The summed E-state index contributed by atoms with van der Waals surface area (Å²) in [4.78, 5) is 13.6. The highest BCUT2D eigenvalue weighted by Gasteiger charge is 2.24. The fraction of sp³-hybridized carbons (Fsp3) is 0.500. The molecule has 6 heteroatoms. The Labute approximate surface area is 133 Å². The van der Waals surface area contributed by atoms with Crippen LogP contribution in [0.5, 0.6) is 0 Å². The van der Waals surface area contributed by atoms with E-state index in [0.29, 0.717) is 5.82 Å². The van der Waals surface area contributed by atoms with Gasteiger partial charge in [-0.05, 0) is 29.5 Å². The Kier molecular flexibility index (Phi) is 4.31. The number of anilines is 1. The van der Waals surface area contributed by atoms with Crippen LogP contribution in [0, 0.1) is 3.57 Å². The predicted octanol–water partition coefficient (Wildman–Crippen LogP) is 3.21. The molecule has 0 aromatic carbocycles. The summed E-state index contributed by atoms with van der Waals surface area (Å²) in [5.74, 6) is 1.61. The Hall–Kier alpha value is -1.18. The molecule has 5 nitrogen and oxygen atoms in total. The van der Waals surface area contributed by atoms with E-state index in [-0.39, 0.29) is 5.41 Å². The minimum absolute atomic E-state index is 0.0308. The van der Waals surface area contributed by atoms with Crippen LogP contribution in [0.25, 0.3) is 11.5 Å². The molecule has 0 spiro atoms. The number of imidazole rings is 1. The van der Waals surface area contributed by atoms with E-state index in [4.69, 9.17) is 4.98 Å². The fourth-order valence-electron chi connectivity index (χ4n) is 1.92. The first-order valence-corrected chi connectivity index (χ1v) is 7.71. The summed E-state index contributed by atoms with van der Waals surface area (Å²) < 4.78 is 3.02. The van der Waals surface area contributed by atoms with Crippen molar-refractivity contribution in [3.8, 4) is 11.5 Å². The van der Waals surface area contributed by atoms with Gasteiger partial charge >= 0.3 is 0 Å². The molecule has 2 aromatic rings. The Balaban J connectivity index is 2.65. The molecule has 0 radical (unpaired) electrons. The molecule has 0 fully saturated rings. The Morgan fingerprint density at radius 3 is 2.50 bits per heavy atom. The van der Waals surface area contributed by atoms with Crippen molar-refractivity contribution >= 4 is 28.4 Å². The highest BCUT2D eigenvalue weighted by atomic mass is 127. The SMILES string of the molecule is CCNc1nc(-c2cncn2C)nc(C(C)(C)C)c1I. The molecule has 2 rings (SSSR count). The number of halogens is 1. The van der Waals surface area contributed by atoms with Crippen LogP contribution in [-0.4, -0.2) is 26.1 Å². The lowest BCUT2D eigenvalue weighted by molar-refractivity contribution is 0.563. The van der Waals surface area contributed by atoms with E-state index in [1.54, 1.807) is 12.5 Å². The maximum atomic E-state index is 4.77. The molecule has 0 atom stereocenters. The summed E-state index contributed by atoms with van der Waals surface area (Å²) >= 11 is 2.32. The highest BCUT2D eigenvalue weighted by Crippen LogP contribution is 2.31. The molecule has 2 aromatic heterocycles. The Morgan fingerprint density at radius 1 is 1.30 bits per heavy atom. The van der Waals surface area contributed by atoms with Gasteiger partial charge < -0.3 is 9.88 Å². The van der Waals surface area contributed by atoms with Crippen LogP contribution in [0.15, 0.2) is 12.5 Å². The Bertz CT molecular complexity index is 613. The van der Waals surface area contributed by atoms with Crippen LogP contribution >= 0.6 is 22.6 Å². The summed E-state index contributed by atoms with van der Waals surface area (Å²) in [7, 11) is 1.95. The monoisotopic (exact) mass is 385 g/mol. The van der Waals surface area contributed by atoms with Gasteiger partial charge in [-0.1, -0.05) is 20.8 Å². The van der Waals surface area contributed by atoms with E-state index in [0.717, 1.165) is 27.3 Å². The first kappa shape index (κ1) is 15.2. The normalized spacial score (nSPS) is 11.7. The van der Waals surface area contributed by atoms with Gasteiger partial charge in [-0.15, -0.1) is 0 Å². The lowest BCUT2D eigenvalue weighted by Crippen LogP contribution is -2.19. The summed E-state index contributed by atoms with van der Waals surface area (Å²) in [5.41, 5.74) is 1.95. The van der Waals surface area contributed by atoms with E-state index >= 15 is 0 Å². The van der Waals surface area contributed by atoms with E-state index in [9.17, 15) is 0 Å². The van der Waals surface area contributed by atoms with Crippen LogP contribution in [0.3, 0.4) is 0 Å². The van der Waals surface area contributed by atoms with Crippen molar-refractivity contribution in [3.05, 3.63) is 21.8 Å². The molecule has 0 aliphatic heterocycles. The smallest absolute Gasteiger partial charge is 0.180 e. The zero-order chi connectivity index (χ0) is 14.9. The average Bonchev–Trinajstić information content (AvgIpc) is 2.77. The zero-order valence-corrected chi connectivity index (χ0v) is 14.7. The summed E-state index contributed by atoms with van der Waals surface area (Å²) in [6.07, 6.45) is 3.56. The number of nitrogens with one attached hydrogen (secondary N) is 1. The largest absolute Gasteiger partial charge is 0.369 e. The van der Waals surface area contributed by atoms with Crippen molar-refractivity contribution in [2.75, 3.05) is 11.9 Å². The Morgan fingerprint density at radius 2 is 2.00 bits per heavy atom. The number of hydrogen-bond donors (Lipinski definition) is 1. The molecule has 0 aliphatic rings. The van der Waals surface area contributed by atoms with Gasteiger partial charge in [-0.2, -0.15) is 0 Å². The van der Waals surface area contributed by atoms with Crippen molar-refractivity contribution in [1.82, 2.24) is 19.5 Å². The van der Waals surface area contributed by atoms with E-state index in [1.807, 2.05) is 11.6 Å². The number of aromatic nitrogens is 4. The van der Waals surface area contributed by atoms with Crippen LogP contribution in [0.4, 0.5) is 5.82 Å². The molecule has 1 N–H and O–H groups in total. The standard InChI is InChI=1S/C14H20IN5/c1-6-17-13-10(15)11(14(2,3)4)18-12(19-13)9-7-16-8-20(9)5/h7-8H,6H2,1-5H3,(H,17,18,19). The molecule has 0 aliphatic carbocycles. The molecule has 0 bridgehead atoms. The lowest BCUT2D eigenvalue weighted by atomic mass is 9.92. The third-order valence-electron chi connectivity index (χ3n) is 2.95. The minimum Gasteiger partial charge on any atom is -0.369 e. The first-order chi connectivity index (χ1) is 9.34. The first-order valence-electron chi connectivity index (χ1n) is 6.63. The molecular weight excluding hydrogens is 365 g/mol. The van der Waals surface area contributed by atoms with Gasteiger partial charge in [0.25, 0.3) is 0 Å². The quantitative estimate of drug-likeness (QED) is 0.825. The highest BCUT2D eigenvalue weighted by molar-refractivity contribution is 14.1. The second-order valence-electron chi connectivity index (χ2n) is 5.73. The average molecular weight is 385 g/mol. The number of aryl methyl sites for hydroxylation is 1. The summed E-state index contributed by atoms with van der Waals surface area (Å²) in [6.45, 7) is 9.40. The lowest BCUT2D eigenvalue weighted by Gasteiger charge is -2.22. The minimum atomic E-state index is -0.0308. The van der Waals surface area contributed by atoms with Crippen LogP contribution in [-0.2, 0) is 12.5 Å². The second-order valence-corrected chi connectivity index (χ2v) is 6.81. The predicted molar refractivity (Wildman–Crippen MR) is 89.8 cm³/mol. The van der Waals surface area contributed by atoms with Crippen LogP contribution in [0.2, 0.25) is 0 Å². The topological polar surface area (TPSA) is 55.6 Å². The third kappa shape index (κ3) is 2.94. The van der Waals surface area contributed by atoms with Gasteiger partial charge in [-0.3, -0.25) is 0 Å². The third-order valence-corrected chi connectivity index (χ3v) is 3.97. The van der Waals surface area contributed by atoms with E-state index in [2.05, 4.69) is 65.6 Å². The second kappa shape index (κ2) is 5.67. The van der Waals surface area contributed by atoms with Gasteiger partial charge in [0, 0.05) is 19.0 Å². The number of hydrogen-bond acceptors (Lipinski definition) is 4. The molecule has 0 saturated heterocycles. The maximum Gasteiger partial charge on any atom is 0.180 e. The van der Waals surface area contributed by atoms with Crippen molar-refractivity contribution < 1.29 is 0 Å². The van der Waals surface area contributed by atoms with Crippen molar-refractivity contribution in [2.24, 2.45) is 7.05 Å². The van der Waals surface area contributed by atoms with Gasteiger partial charge in [0.2, 0.25) is 0 Å². The molecule has 20 heavy (non-hydrogen) atoms. The van der Waals surface area contributed by atoms with Crippen molar-refractivity contribution in [2.45, 2.75) is 33.1 Å². The van der Waals surface area contributed by atoms with Crippen molar-refractivity contribution in [1.29, 1.82) is 0 Å².